The Kier molecular flexibility index (Phi) is 6.81. The van der Waals surface area contributed by atoms with Crippen molar-refractivity contribution in [1.82, 2.24) is 0 Å². The Balaban J connectivity index is 4.50. The number of hydrogen-bond donors (Lipinski definition) is 1. The molecule has 18 heavy (non-hydrogen) atoms. The molecule has 0 aliphatic carbocycles. The van der Waals surface area contributed by atoms with Crippen LogP contribution in [0.25, 0.3) is 0 Å². The van der Waals surface area contributed by atoms with E-state index in [1.807, 2.05) is 34.6 Å². The molecule has 0 saturated heterocycles. The molecule has 1 atom stereocenters. The predicted octanol–water partition coefficient (Wildman–Crippen LogP) is 1.83. The largest absolute Gasteiger partial charge is 0.459 e. The standard InChI is InChI=1S/C13H27NO4/c1-7-16-13(6,17-8-2)9-10(14)11(15)18-12(3,4)5/h10H,7-9,14H2,1-6H3. The van der Waals surface area contributed by atoms with E-state index < -0.39 is 23.4 Å². The summed E-state index contributed by atoms with van der Waals surface area (Å²) in [7, 11) is 0. The minimum atomic E-state index is -0.847. The van der Waals surface area contributed by atoms with Gasteiger partial charge in [0.25, 0.3) is 0 Å². The lowest BCUT2D eigenvalue weighted by molar-refractivity contribution is -0.228. The minimum absolute atomic E-state index is 0.267. The second-order valence-electron chi connectivity index (χ2n) is 5.34. The van der Waals surface area contributed by atoms with E-state index in [4.69, 9.17) is 19.9 Å². The molecule has 0 aliphatic heterocycles. The topological polar surface area (TPSA) is 70.8 Å². The maximum Gasteiger partial charge on any atom is 0.323 e. The third-order valence-electron chi connectivity index (χ3n) is 2.20. The lowest BCUT2D eigenvalue weighted by atomic mass is 10.1. The van der Waals surface area contributed by atoms with Gasteiger partial charge < -0.3 is 19.9 Å². The molecule has 0 aromatic rings. The highest BCUT2D eigenvalue weighted by Gasteiger charge is 2.32. The molecule has 0 amide bonds. The van der Waals surface area contributed by atoms with Gasteiger partial charge in [-0.15, -0.1) is 0 Å². The normalized spacial score (nSPS) is 14.4. The minimum Gasteiger partial charge on any atom is -0.459 e. The molecule has 0 aromatic heterocycles. The molecular weight excluding hydrogens is 234 g/mol. The van der Waals surface area contributed by atoms with E-state index in [0.29, 0.717) is 13.2 Å². The van der Waals surface area contributed by atoms with Gasteiger partial charge in [-0.1, -0.05) is 0 Å². The van der Waals surface area contributed by atoms with Crippen molar-refractivity contribution in [3.8, 4) is 0 Å². The molecule has 0 fully saturated rings. The van der Waals surface area contributed by atoms with Crippen molar-refractivity contribution in [1.29, 1.82) is 0 Å². The van der Waals surface area contributed by atoms with Gasteiger partial charge in [0.15, 0.2) is 5.79 Å². The second-order valence-corrected chi connectivity index (χ2v) is 5.34. The van der Waals surface area contributed by atoms with Crippen LogP contribution >= 0.6 is 0 Å². The zero-order chi connectivity index (χ0) is 14.4. The molecule has 2 N–H and O–H groups in total. The first kappa shape index (κ1) is 17.4. The van der Waals surface area contributed by atoms with Crippen LogP contribution in [0.4, 0.5) is 0 Å². The van der Waals surface area contributed by atoms with Gasteiger partial charge in [-0.2, -0.15) is 0 Å². The Morgan fingerprint density at radius 1 is 1.11 bits per heavy atom. The van der Waals surface area contributed by atoms with Crippen molar-refractivity contribution < 1.29 is 19.0 Å². The van der Waals surface area contributed by atoms with Gasteiger partial charge in [0, 0.05) is 19.6 Å². The SMILES string of the molecule is CCOC(C)(CC(N)C(=O)OC(C)(C)C)OCC. The van der Waals surface area contributed by atoms with E-state index >= 15 is 0 Å². The first-order valence-corrected chi connectivity index (χ1v) is 6.40. The van der Waals surface area contributed by atoms with E-state index in [2.05, 4.69) is 0 Å². The van der Waals surface area contributed by atoms with Gasteiger partial charge in [-0.25, -0.2) is 0 Å². The van der Waals surface area contributed by atoms with Crippen molar-refractivity contribution in [2.75, 3.05) is 13.2 Å². The molecule has 0 bridgehead atoms. The molecule has 0 rings (SSSR count). The van der Waals surface area contributed by atoms with Crippen molar-refractivity contribution in [3.63, 3.8) is 0 Å². The quantitative estimate of drug-likeness (QED) is 0.559. The first-order chi connectivity index (χ1) is 8.13. The summed E-state index contributed by atoms with van der Waals surface area (Å²) in [4.78, 5) is 11.8. The second kappa shape index (κ2) is 7.07. The molecule has 5 heteroatoms. The number of rotatable bonds is 7. The number of hydrogen-bond acceptors (Lipinski definition) is 5. The van der Waals surface area contributed by atoms with Crippen LogP contribution in [0.3, 0.4) is 0 Å². The Morgan fingerprint density at radius 3 is 1.89 bits per heavy atom. The van der Waals surface area contributed by atoms with Crippen molar-refractivity contribution >= 4 is 5.97 Å². The van der Waals surface area contributed by atoms with Gasteiger partial charge in [0.1, 0.15) is 11.6 Å². The molecule has 5 nitrogen and oxygen atoms in total. The van der Waals surface area contributed by atoms with Crippen molar-refractivity contribution in [3.05, 3.63) is 0 Å². The lowest BCUT2D eigenvalue weighted by Crippen LogP contribution is -2.45. The Labute approximate surface area is 110 Å². The fourth-order valence-corrected chi connectivity index (χ4v) is 1.63. The van der Waals surface area contributed by atoms with Crippen LogP contribution in [0, 0.1) is 0 Å². The zero-order valence-electron chi connectivity index (χ0n) is 12.4. The van der Waals surface area contributed by atoms with Gasteiger partial charge in [0.05, 0.1) is 0 Å². The summed E-state index contributed by atoms with van der Waals surface area (Å²) < 4.78 is 16.2. The van der Waals surface area contributed by atoms with Crippen LogP contribution in [0.5, 0.6) is 0 Å². The van der Waals surface area contributed by atoms with E-state index in [9.17, 15) is 4.79 Å². The molecule has 1 unspecified atom stereocenters. The van der Waals surface area contributed by atoms with Crippen LogP contribution in [-0.2, 0) is 19.0 Å². The fraction of sp³-hybridized carbons (Fsp3) is 0.923. The molecule has 108 valence electrons. The van der Waals surface area contributed by atoms with Crippen molar-refractivity contribution in [2.24, 2.45) is 5.73 Å². The molecule has 0 heterocycles. The van der Waals surface area contributed by atoms with E-state index in [-0.39, 0.29) is 6.42 Å². The molecule has 0 radical (unpaired) electrons. The smallest absolute Gasteiger partial charge is 0.323 e. The Bertz CT molecular complexity index is 254. The van der Waals surface area contributed by atoms with Gasteiger partial charge in [-0.3, -0.25) is 4.79 Å². The summed E-state index contributed by atoms with van der Waals surface area (Å²) in [6.07, 6.45) is 0.267. The van der Waals surface area contributed by atoms with Crippen LogP contribution in [-0.4, -0.2) is 36.6 Å². The molecule has 0 saturated carbocycles. The highest BCUT2D eigenvalue weighted by atomic mass is 16.7. The maximum absolute atomic E-state index is 11.8. The van der Waals surface area contributed by atoms with E-state index in [1.165, 1.54) is 0 Å². The molecule has 0 spiro atoms. The highest BCUT2D eigenvalue weighted by Crippen LogP contribution is 2.20. The Hall–Kier alpha value is -0.650. The molecule has 0 aromatic carbocycles. The number of carbonyl (C=O) groups excluding carboxylic acids is 1. The van der Waals surface area contributed by atoms with Crippen LogP contribution in [0.1, 0.15) is 48.0 Å². The third-order valence-corrected chi connectivity index (χ3v) is 2.20. The summed E-state index contributed by atoms with van der Waals surface area (Å²) in [5, 5.41) is 0. The van der Waals surface area contributed by atoms with E-state index in [0.717, 1.165) is 0 Å². The van der Waals surface area contributed by atoms with Crippen LogP contribution in [0.15, 0.2) is 0 Å². The number of carbonyl (C=O) groups is 1. The molecule has 0 aliphatic rings. The van der Waals surface area contributed by atoms with Crippen LogP contribution in [0.2, 0.25) is 0 Å². The number of ether oxygens (including phenoxy) is 3. The fourth-order valence-electron chi connectivity index (χ4n) is 1.63. The van der Waals surface area contributed by atoms with E-state index in [1.54, 1.807) is 6.92 Å². The first-order valence-electron chi connectivity index (χ1n) is 6.40. The maximum atomic E-state index is 11.8. The summed E-state index contributed by atoms with van der Waals surface area (Å²) in [6.45, 7) is 11.9. The average molecular weight is 261 g/mol. The Morgan fingerprint density at radius 2 is 1.56 bits per heavy atom. The third kappa shape index (κ3) is 6.93. The summed E-state index contributed by atoms with van der Waals surface area (Å²) in [5.74, 6) is -1.28. The summed E-state index contributed by atoms with van der Waals surface area (Å²) >= 11 is 0. The van der Waals surface area contributed by atoms with Crippen LogP contribution < -0.4 is 5.73 Å². The highest BCUT2D eigenvalue weighted by molar-refractivity contribution is 5.75. The van der Waals surface area contributed by atoms with Crippen molar-refractivity contribution in [2.45, 2.75) is 65.4 Å². The number of nitrogens with two attached hydrogens (primary N) is 1. The average Bonchev–Trinajstić information content (AvgIpc) is 2.14. The summed E-state index contributed by atoms with van der Waals surface area (Å²) in [5.41, 5.74) is 5.30. The molecular formula is C13H27NO4. The van der Waals surface area contributed by atoms with Gasteiger partial charge >= 0.3 is 5.97 Å². The van der Waals surface area contributed by atoms with Gasteiger partial charge in [-0.05, 0) is 41.5 Å². The summed E-state index contributed by atoms with van der Waals surface area (Å²) in [6, 6.07) is -0.757. The predicted molar refractivity (Wildman–Crippen MR) is 70.1 cm³/mol. The number of esters is 1. The lowest BCUT2D eigenvalue weighted by Gasteiger charge is -2.32. The monoisotopic (exact) mass is 261 g/mol. The zero-order valence-corrected chi connectivity index (χ0v) is 12.4. The van der Waals surface area contributed by atoms with Gasteiger partial charge in [0.2, 0.25) is 0 Å².